The first-order valence-electron chi connectivity index (χ1n) is 15.1. The fourth-order valence-electron chi connectivity index (χ4n) is 5.99. The number of para-hydroxylation sites is 2. The Labute approximate surface area is 257 Å². The maximum absolute atomic E-state index is 13.8. The van der Waals surface area contributed by atoms with Gasteiger partial charge in [0.05, 0.1) is 30.2 Å². The Kier molecular flexibility index (Phi) is 8.63. The van der Waals surface area contributed by atoms with Gasteiger partial charge in [-0.2, -0.15) is 5.10 Å². The van der Waals surface area contributed by atoms with E-state index in [0.717, 1.165) is 52.5 Å². The van der Waals surface area contributed by atoms with E-state index < -0.39 is 6.10 Å². The zero-order chi connectivity index (χ0) is 30.6. The van der Waals surface area contributed by atoms with Crippen LogP contribution in [0.5, 0.6) is 0 Å². The van der Waals surface area contributed by atoms with E-state index in [1.165, 1.54) is 0 Å². The first-order valence-corrected chi connectivity index (χ1v) is 15.1. The van der Waals surface area contributed by atoms with E-state index in [9.17, 15) is 14.7 Å². The van der Waals surface area contributed by atoms with Crippen molar-refractivity contribution in [2.24, 2.45) is 7.05 Å². The molecule has 1 atom stereocenters. The number of piperazine rings is 1. The maximum Gasteiger partial charge on any atom is 0.317 e. The SMILES string of the molecule is Cc1cc(C(=O)N2Cc3cnn(C)c3Nc3ccccc32)ccc1CNC(=O)N1CCN(CC(O)Cc2ccccc2)CC1. The lowest BCUT2D eigenvalue weighted by atomic mass is 10.0. The molecule has 2 aliphatic heterocycles. The van der Waals surface area contributed by atoms with Crippen LogP contribution >= 0.6 is 0 Å². The van der Waals surface area contributed by atoms with Gasteiger partial charge in [-0.05, 0) is 54.3 Å². The largest absolute Gasteiger partial charge is 0.391 e. The highest BCUT2D eigenvalue weighted by atomic mass is 16.3. The van der Waals surface area contributed by atoms with Crippen LogP contribution in [-0.4, -0.2) is 75.5 Å². The molecule has 0 radical (unpaired) electrons. The number of rotatable bonds is 7. The van der Waals surface area contributed by atoms with E-state index >= 15 is 0 Å². The number of aliphatic hydroxyl groups excluding tert-OH is 1. The number of aromatic nitrogens is 2. The van der Waals surface area contributed by atoms with Crippen molar-refractivity contribution in [3.63, 3.8) is 0 Å². The highest BCUT2D eigenvalue weighted by Gasteiger charge is 2.27. The van der Waals surface area contributed by atoms with Crippen molar-refractivity contribution in [3.05, 3.63) is 107 Å². The molecule has 1 aromatic heterocycles. The third kappa shape index (κ3) is 6.46. The van der Waals surface area contributed by atoms with Crippen LogP contribution in [0.2, 0.25) is 0 Å². The minimum Gasteiger partial charge on any atom is -0.391 e. The van der Waals surface area contributed by atoms with Gasteiger partial charge in [0.25, 0.3) is 5.91 Å². The number of hydrogen-bond donors (Lipinski definition) is 3. The second-order valence-corrected chi connectivity index (χ2v) is 11.6. The summed E-state index contributed by atoms with van der Waals surface area (Å²) >= 11 is 0. The van der Waals surface area contributed by atoms with Crippen molar-refractivity contribution in [2.45, 2.75) is 32.5 Å². The van der Waals surface area contributed by atoms with Crippen molar-refractivity contribution < 1.29 is 14.7 Å². The van der Waals surface area contributed by atoms with Gasteiger partial charge in [-0.15, -0.1) is 0 Å². The Balaban J connectivity index is 1.03. The lowest BCUT2D eigenvalue weighted by Gasteiger charge is -2.35. The molecule has 10 heteroatoms. The number of aryl methyl sites for hydroxylation is 2. The summed E-state index contributed by atoms with van der Waals surface area (Å²) in [5, 5.41) is 21.4. The van der Waals surface area contributed by atoms with Crippen LogP contribution in [0, 0.1) is 6.92 Å². The molecule has 3 N–H and O–H groups in total. The molecular weight excluding hydrogens is 554 g/mol. The average Bonchev–Trinajstić information content (AvgIpc) is 3.28. The van der Waals surface area contributed by atoms with Crippen molar-refractivity contribution in [3.8, 4) is 0 Å². The van der Waals surface area contributed by atoms with Crippen LogP contribution in [0.1, 0.15) is 32.6 Å². The number of anilines is 3. The van der Waals surface area contributed by atoms with Crippen LogP contribution < -0.4 is 15.5 Å². The molecular formula is C34H39N7O3. The van der Waals surface area contributed by atoms with Crippen LogP contribution in [0.3, 0.4) is 0 Å². The lowest BCUT2D eigenvalue weighted by Crippen LogP contribution is -2.53. The van der Waals surface area contributed by atoms with Crippen molar-refractivity contribution in [2.75, 3.05) is 42.9 Å². The fourth-order valence-corrected chi connectivity index (χ4v) is 5.99. The molecule has 0 saturated carbocycles. The molecule has 3 amide bonds. The number of hydrogen-bond acceptors (Lipinski definition) is 6. The Hall–Kier alpha value is -4.67. The number of carbonyl (C=O) groups is 2. The first-order chi connectivity index (χ1) is 21.4. The topological polar surface area (TPSA) is 106 Å². The molecule has 6 rings (SSSR count). The van der Waals surface area contributed by atoms with Crippen LogP contribution in [0.4, 0.5) is 22.0 Å². The normalized spacial score (nSPS) is 15.5. The summed E-state index contributed by atoms with van der Waals surface area (Å²) in [6.45, 7) is 6.02. The number of benzene rings is 3. The summed E-state index contributed by atoms with van der Waals surface area (Å²) in [5.74, 6) is 0.776. The molecule has 0 spiro atoms. The Bertz CT molecular complexity index is 1630. The molecule has 1 fully saturated rings. The molecule has 4 aromatic rings. The third-order valence-electron chi connectivity index (χ3n) is 8.50. The predicted octanol–water partition coefficient (Wildman–Crippen LogP) is 4.06. The van der Waals surface area contributed by atoms with E-state index in [0.29, 0.717) is 44.7 Å². The molecule has 1 unspecified atom stereocenters. The number of carbonyl (C=O) groups excluding carboxylic acids is 2. The third-order valence-corrected chi connectivity index (χ3v) is 8.50. The van der Waals surface area contributed by atoms with Gasteiger partial charge in [-0.3, -0.25) is 14.4 Å². The summed E-state index contributed by atoms with van der Waals surface area (Å²) in [6.07, 6.45) is 1.98. The van der Waals surface area contributed by atoms with Gasteiger partial charge in [0.2, 0.25) is 0 Å². The van der Waals surface area contributed by atoms with Crippen molar-refractivity contribution in [1.29, 1.82) is 0 Å². The van der Waals surface area contributed by atoms with E-state index in [1.54, 1.807) is 15.8 Å². The van der Waals surface area contributed by atoms with Crippen molar-refractivity contribution in [1.82, 2.24) is 24.9 Å². The molecule has 3 aromatic carbocycles. The van der Waals surface area contributed by atoms with E-state index in [2.05, 4.69) is 20.6 Å². The van der Waals surface area contributed by atoms with Gasteiger partial charge < -0.3 is 25.5 Å². The minimum absolute atomic E-state index is 0.0959. The number of aliphatic hydroxyl groups is 1. The number of amides is 3. The molecule has 228 valence electrons. The fraction of sp³-hybridized carbons (Fsp3) is 0.324. The van der Waals surface area contributed by atoms with Gasteiger partial charge in [0, 0.05) is 57.4 Å². The highest BCUT2D eigenvalue weighted by molar-refractivity contribution is 6.08. The van der Waals surface area contributed by atoms with Crippen LogP contribution in [-0.2, 0) is 26.6 Å². The minimum atomic E-state index is -0.436. The maximum atomic E-state index is 13.8. The number of urea groups is 1. The number of nitrogens with zero attached hydrogens (tertiary/aromatic N) is 5. The molecule has 44 heavy (non-hydrogen) atoms. The number of nitrogens with one attached hydrogen (secondary N) is 2. The number of fused-ring (bicyclic) bond motifs is 2. The lowest BCUT2D eigenvalue weighted by molar-refractivity contribution is 0.0811. The van der Waals surface area contributed by atoms with E-state index in [4.69, 9.17) is 0 Å². The molecule has 3 heterocycles. The molecule has 10 nitrogen and oxygen atoms in total. The zero-order valence-corrected chi connectivity index (χ0v) is 25.2. The number of β-amino-alcohol motifs (C(OH)–C–C–N with tert-alkyl or cyclic N) is 1. The molecule has 0 aliphatic carbocycles. The predicted molar refractivity (Wildman–Crippen MR) is 171 cm³/mol. The highest BCUT2D eigenvalue weighted by Crippen LogP contribution is 2.36. The van der Waals surface area contributed by atoms with Gasteiger partial charge in [-0.25, -0.2) is 4.79 Å². The molecule has 0 bridgehead atoms. The van der Waals surface area contributed by atoms with E-state index in [-0.39, 0.29) is 11.9 Å². The second kappa shape index (κ2) is 12.9. The second-order valence-electron chi connectivity index (χ2n) is 11.6. The zero-order valence-electron chi connectivity index (χ0n) is 25.2. The van der Waals surface area contributed by atoms with Crippen LogP contribution in [0.25, 0.3) is 0 Å². The van der Waals surface area contributed by atoms with Gasteiger partial charge in [0.1, 0.15) is 5.82 Å². The molecule has 1 saturated heterocycles. The summed E-state index contributed by atoms with van der Waals surface area (Å²) in [6, 6.07) is 23.3. The Morgan fingerprint density at radius 2 is 1.75 bits per heavy atom. The summed E-state index contributed by atoms with van der Waals surface area (Å²) in [4.78, 5) is 32.6. The molecule has 2 aliphatic rings. The quantitative estimate of drug-likeness (QED) is 0.299. The van der Waals surface area contributed by atoms with Gasteiger partial charge in [-0.1, -0.05) is 48.5 Å². The smallest absolute Gasteiger partial charge is 0.317 e. The first kappa shape index (κ1) is 29.4. The summed E-state index contributed by atoms with van der Waals surface area (Å²) < 4.78 is 1.78. The Morgan fingerprint density at radius 1 is 1.00 bits per heavy atom. The summed E-state index contributed by atoms with van der Waals surface area (Å²) in [7, 11) is 1.88. The summed E-state index contributed by atoms with van der Waals surface area (Å²) in [5.41, 5.74) is 6.22. The average molecular weight is 594 g/mol. The standard InChI is InChI=1S/C34H39N7O3/c1-24-18-26(33(43)41-22-28-21-36-38(2)32(28)37-30-10-6-7-11-31(30)41)12-13-27(24)20-35-34(44)40-16-14-39(15-17-40)23-29(42)19-25-8-4-3-5-9-25/h3-13,18,21,29,37,42H,14-17,19-20,22-23H2,1-2H3,(H,35,44). The van der Waals surface area contributed by atoms with Crippen molar-refractivity contribution >= 4 is 29.1 Å². The van der Waals surface area contributed by atoms with Gasteiger partial charge in [0.15, 0.2) is 0 Å². The van der Waals surface area contributed by atoms with Gasteiger partial charge >= 0.3 is 6.03 Å². The van der Waals surface area contributed by atoms with Crippen LogP contribution in [0.15, 0.2) is 79.0 Å². The van der Waals surface area contributed by atoms with E-state index in [1.807, 2.05) is 91.7 Å². The Morgan fingerprint density at radius 3 is 2.52 bits per heavy atom. The monoisotopic (exact) mass is 593 g/mol.